The fourth-order valence-electron chi connectivity index (χ4n) is 8.86. The fourth-order valence-corrected chi connectivity index (χ4v) is 8.86. The van der Waals surface area contributed by atoms with Gasteiger partial charge in [-0.3, -0.25) is 4.90 Å². The lowest BCUT2D eigenvalue weighted by Crippen LogP contribution is -2.18. The molecule has 0 aromatic heterocycles. The maximum atomic E-state index is 11.7. The Morgan fingerprint density at radius 3 is 0.596 bits per heavy atom. The zero-order valence-corrected chi connectivity index (χ0v) is 34.0. The third-order valence-corrected chi connectivity index (χ3v) is 11.3. The van der Waals surface area contributed by atoms with Crippen molar-refractivity contribution in [2.24, 2.45) is 0 Å². The molecule has 0 saturated heterocycles. The number of phenols is 6. The average Bonchev–Trinajstić information content (AvgIpc) is 3.12. The molecule has 7 rings (SSSR count). The largest absolute Gasteiger partial charge is 0.507 e. The Balaban J connectivity index is 1.38. The summed E-state index contributed by atoms with van der Waals surface area (Å²) in [5, 5.41) is 70.3. The summed E-state index contributed by atoms with van der Waals surface area (Å²) in [4.78, 5) is 2.05. The van der Waals surface area contributed by atoms with Crippen LogP contribution in [-0.4, -0.2) is 42.6 Å². The van der Waals surface area contributed by atoms with E-state index in [2.05, 4.69) is 4.90 Å². The number of aromatic hydroxyl groups is 6. The van der Waals surface area contributed by atoms with Crippen LogP contribution in [0.25, 0.3) is 0 Å². The van der Waals surface area contributed by atoms with Crippen molar-refractivity contribution in [2.75, 3.05) is 7.05 Å². The molecule has 6 N–H and O–H groups in total. The van der Waals surface area contributed by atoms with Crippen LogP contribution in [-0.2, 0) is 45.2 Å². The van der Waals surface area contributed by atoms with Crippen LogP contribution in [0.1, 0.15) is 100 Å². The number of hydrogen-bond acceptors (Lipinski definition) is 7. The molecule has 0 amide bonds. The SMILES string of the molecule is Cc1cc2c(O)c(c1)Cc1cc(C)cc(c1O)Cc1cc(C)cc(c1O)CN(C)Cc1cc(C)cc(c1O)Cc1cc(C)cc(c1O)Cc1cc(C)cc(c1O)C2. The van der Waals surface area contributed by atoms with E-state index in [4.69, 9.17) is 0 Å². The molecule has 0 spiro atoms. The lowest BCUT2D eigenvalue weighted by molar-refractivity contribution is 0.306. The maximum absolute atomic E-state index is 11.7. The van der Waals surface area contributed by atoms with Gasteiger partial charge in [-0.2, -0.15) is 0 Å². The Hall–Kier alpha value is -5.92. The van der Waals surface area contributed by atoms with Crippen LogP contribution in [0.4, 0.5) is 0 Å². The summed E-state index contributed by atoms with van der Waals surface area (Å²) in [6.45, 7) is 12.7. The maximum Gasteiger partial charge on any atom is 0.123 e. The number of nitrogens with zero attached hydrogens (tertiary/aromatic N) is 1. The van der Waals surface area contributed by atoms with Gasteiger partial charge >= 0.3 is 0 Å². The number of fused-ring (bicyclic) bond motifs is 12. The van der Waals surface area contributed by atoms with Crippen molar-refractivity contribution in [3.8, 4) is 34.5 Å². The molecule has 1 aliphatic heterocycles. The number of rotatable bonds is 0. The van der Waals surface area contributed by atoms with Crippen LogP contribution in [0, 0.1) is 41.5 Å². The summed E-state index contributed by atoms with van der Waals surface area (Å²) in [7, 11) is 1.95. The molecular weight excluding hydrogens is 711 g/mol. The molecule has 0 fully saturated rings. The van der Waals surface area contributed by atoms with E-state index in [-0.39, 0.29) is 53.8 Å². The standard InChI is InChI=1S/C50H53NO6/c1-27-8-33-20-34-9-28(2)11-36(46(34)53)22-38-13-30(4)15-40(48(38)55)24-42-17-32(6)19-44(50(42)57)26-51(7)25-43-18-31(5)16-41(49(43)56)23-39-14-29(3)12-37(47(39)54)21-35(10-27)45(33)52/h8-19,52-57H,20-26H2,1-7H3. The minimum absolute atomic E-state index is 0.112. The molecule has 0 unspecified atom stereocenters. The van der Waals surface area contributed by atoms with Gasteiger partial charge in [0.05, 0.1) is 0 Å². The second-order valence-corrected chi connectivity index (χ2v) is 16.6. The lowest BCUT2D eigenvalue weighted by atomic mass is 9.90. The molecule has 294 valence electrons. The van der Waals surface area contributed by atoms with Crippen LogP contribution in [0.3, 0.4) is 0 Å². The van der Waals surface area contributed by atoms with E-state index in [1.807, 2.05) is 121 Å². The number of aryl methyl sites for hydroxylation is 6. The van der Waals surface area contributed by atoms with Crippen molar-refractivity contribution in [3.63, 3.8) is 0 Å². The van der Waals surface area contributed by atoms with Crippen molar-refractivity contribution >= 4 is 0 Å². The van der Waals surface area contributed by atoms with Crippen molar-refractivity contribution in [1.29, 1.82) is 0 Å². The summed E-state index contributed by atoms with van der Waals surface area (Å²) < 4.78 is 0. The highest BCUT2D eigenvalue weighted by atomic mass is 16.3. The number of benzene rings is 6. The van der Waals surface area contributed by atoms with Gasteiger partial charge in [0.2, 0.25) is 0 Å². The highest BCUT2D eigenvalue weighted by molar-refractivity contribution is 5.57. The molecule has 1 heterocycles. The van der Waals surface area contributed by atoms with Gasteiger partial charge < -0.3 is 30.6 Å². The van der Waals surface area contributed by atoms with Gasteiger partial charge in [0, 0.05) is 56.3 Å². The third kappa shape index (κ3) is 8.30. The van der Waals surface area contributed by atoms with E-state index in [0.29, 0.717) is 81.6 Å². The minimum atomic E-state index is 0.112. The molecule has 0 radical (unpaired) electrons. The molecule has 6 aromatic carbocycles. The van der Waals surface area contributed by atoms with Gasteiger partial charge in [0.1, 0.15) is 34.5 Å². The van der Waals surface area contributed by atoms with E-state index in [1.54, 1.807) is 0 Å². The van der Waals surface area contributed by atoms with Gasteiger partial charge in [-0.25, -0.2) is 0 Å². The number of hydrogen-bond donors (Lipinski definition) is 6. The molecule has 0 saturated carbocycles. The summed E-state index contributed by atoms with van der Waals surface area (Å²) >= 11 is 0. The third-order valence-electron chi connectivity index (χ3n) is 11.3. The average molecular weight is 764 g/mol. The van der Waals surface area contributed by atoms with E-state index >= 15 is 0 Å². The highest BCUT2D eigenvalue weighted by Gasteiger charge is 2.21. The predicted molar refractivity (Wildman–Crippen MR) is 226 cm³/mol. The Labute approximate surface area is 335 Å². The first kappa shape index (κ1) is 39.3. The first-order valence-corrected chi connectivity index (χ1v) is 19.6. The second kappa shape index (κ2) is 15.5. The first-order chi connectivity index (χ1) is 27.0. The molecule has 57 heavy (non-hydrogen) atoms. The lowest BCUT2D eigenvalue weighted by Gasteiger charge is -2.22. The molecule has 0 aliphatic carbocycles. The zero-order chi connectivity index (χ0) is 40.9. The van der Waals surface area contributed by atoms with Crippen molar-refractivity contribution < 1.29 is 30.6 Å². The smallest absolute Gasteiger partial charge is 0.123 e. The Bertz CT molecular complexity index is 2380. The van der Waals surface area contributed by atoms with E-state index in [0.717, 1.165) is 44.5 Å². The second-order valence-electron chi connectivity index (χ2n) is 16.6. The first-order valence-electron chi connectivity index (χ1n) is 19.6. The van der Waals surface area contributed by atoms with E-state index in [1.165, 1.54) is 0 Å². The van der Waals surface area contributed by atoms with Crippen LogP contribution in [0.15, 0.2) is 72.8 Å². The quantitative estimate of drug-likeness (QED) is 0.0911. The summed E-state index contributed by atoms with van der Waals surface area (Å²) in [6, 6.07) is 23.3. The monoisotopic (exact) mass is 763 g/mol. The van der Waals surface area contributed by atoms with Gasteiger partial charge in [-0.15, -0.1) is 0 Å². The summed E-state index contributed by atoms with van der Waals surface area (Å²) in [5.74, 6) is 0.803. The molecule has 6 aromatic rings. The van der Waals surface area contributed by atoms with Crippen molar-refractivity contribution in [2.45, 2.75) is 86.7 Å². The topological polar surface area (TPSA) is 125 Å². The van der Waals surface area contributed by atoms with Crippen molar-refractivity contribution in [1.82, 2.24) is 4.90 Å². The molecule has 0 atom stereocenters. The normalized spacial score (nSPS) is 13.7. The molecule has 7 heteroatoms. The van der Waals surface area contributed by atoms with Crippen LogP contribution >= 0.6 is 0 Å². The Morgan fingerprint density at radius 2 is 0.421 bits per heavy atom. The van der Waals surface area contributed by atoms with E-state index in [9.17, 15) is 30.6 Å². The highest BCUT2D eigenvalue weighted by Crippen LogP contribution is 2.39. The fraction of sp³-hybridized carbons (Fsp3) is 0.280. The van der Waals surface area contributed by atoms with Gasteiger partial charge in [0.15, 0.2) is 0 Å². The van der Waals surface area contributed by atoms with E-state index < -0.39 is 0 Å². The van der Waals surface area contributed by atoms with Gasteiger partial charge in [-0.05, 0) is 104 Å². The number of phenolic OH excluding ortho intramolecular Hbond substituents is 6. The minimum Gasteiger partial charge on any atom is -0.507 e. The molecule has 1 aliphatic rings. The molecule has 12 bridgehead atoms. The predicted octanol–water partition coefficient (Wildman–Crippen LogP) is 9.67. The summed E-state index contributed by atoms with van der Waals surface area (Å²) in [6.07, 6.45) is 1.45. The van der Waals surface area contributed by atoms with Gasteiger partial charge in [0.25, 0.3) is 0 Å². The zero-order valence-electron chi connectivity index (χ0n) is 34.0. The van der Waals surface area contributed by atoms with Gasteiger partial charge in [-0.1, -0.05) is 106 Å². The van der Waals surface area contributed by atoms with Crippen LogP contribution in [0.5, 0.6) is 34.5 Å². The molecular formula is C50H53NO6. The van der Waals surface area contributed by atoms with Crippen LogP contribution < -0.4 is 0 Å². The molecule has 7 nitrogen and oxygen atoms in total. The Kier molecular flexibility index (Phi) is 10.7. The van der Waals surface area contributed by atoms with Crippen molar-refractivity contribution in [3.05, 3.63) is 173 Å². The van der Waals surface area contributed by atoms with Crippen LogP contribution in [0.2, 0.25) is 0 Å². The summed E-state index contributed by atoms with van der Waals surface area (Å²) in [5.41, 5.74) is 14.0. The Morgan fingerprint density at radius 1 is 0.281 bits per heavy atom.